The Morgan fingerprint density at radius 2 is 1.85 bits per heavy atom. The van der Waals surface area contributed by atoms with E-state index in [1.165, 1.54) is 11.1 Å². The fourth-order valence-electron chi connectivity index (χ4n) is 4.83. The highest BCUT2D eigenvalue weighted by Crippen LogP contribution is 2.52. The molecule has 0 bridgehead atoms. The van der Waals surface area contributed by atoms with Gasteiger partial charge in [0, 0.05) is 19.6 Å². The van der Waals surface area contributed by atoms with Gasteiger partial charge < -0.3 is 15.3 Å². The van der Waals surface area contributed by atoms with Gasteiger partial charge in [-0.05, 0) is 61.0 Å². The van der Waals surface area contributed by atoms with Crippen LogP contribution in [0.2, 0.25) is 0 Å². The van der Waals surface area contributed by atoms with E-state index in [1.54, 1.807) is 0 Å². The average Bonchev–Trinajstić information content (AvgIpc) is 3.46. The van der Waals surface area contributed by atoms with E-state index in [4.69, 9.17) is 0 Å². The zero-order valence-electron chi connectivity index (χ0n) is 16.1. The van der Waals surface area contributed by atoms with Gasteiger partial charge >= 0.3 is 5.97 Å². The van der Waals surface area contributed by atoms with Gasteiger partial charge in [-0.3, -0.25) is 9.59 Å². The van der Waals surface area contributed by atoms with E-state index in [9.17, 15) is 14.7 Å². The fourth-order valence-corrected chi connectivity index (χ4v) is 4.83. The van der Waals surface area contributed by atoms with Crippen molar-refractivity contribution in [2.45, 2.75) is 57.4 Å². The summed E-state index contributed by atoms with van der Waals surface area (Å²) in [6.07, 6.45) is 5.77. The van der Waals surface area contributed by atoms with Crippen molar-refractivity contribution in [3.05, 3.63) is 35.4 Å². The van der Waals surface area contributed by atoms with Crippen molar-refractivity contribution in [3.8, 4) is 0 Å². The van der Waals surface area contributed by atoms with E-state index < -0.39 is 17.9 Å². The van der Waals surface area contributed by atoms with E-state index in [0.29, 0.717) is 25.4 Å². The van der Waals surface area contributed by atoms with Crippen LogP contribution in [0, 0.1) is 11.3 Å². The summed E-state index contributed by atoms with van der Waals surface area (Å²) in [4.78, 5) is 26.7. The van der Waals surface area contributed by atoms with Crippen LogP contribution in [0.3, 0.4) is 0 Å². The first-order chi connectivity index (χ1) is 13.0. The number of carbonyl (C=O) groups excluding carboxylic acids is 1. The summed E-state index contributed by atoms with van der Waals surface area (Å²) in [6, 6.07) is 8.28. The molecule has 27 heavy (non-hydrogen) atoms. The molecule has 1 amide bonds. The maximum atomic E-state index is 13.0. The van der Waals surface area contributed by atoms with Crippen LogP contribution in [0.1, 0.15) is 56.1 Å². The molecule has 3 aliphatic rings. The summed E-state index contributed by atoms with van der Waals surface area (Å²) >= 11 is 0. The maximum absolute atomic E-state index is 13.0. The van der Waals surface area contributed by atoms with Gasteiger partial charge in [-0.15, -0.1) is 0 Å². The number of piperidine rings is 2. The molecule has 5 heteroatoms. The number of rotatable bonds is 4. The number of carboxylic acid groups (broad SMARTS) is 1. The fraction of sp³-hybridized carbons (Fsp3) is 0.636. The third-order valence-electron chi connectivity index (χ3n) is 6.96. The summed E-state index contributed by atoms with van der Waals surface area (Å²) in [5.41, 5.74) is 2.86. The quantitative estimate of drug-likeness (QED) is 0.855. The Labute approximate surface area is 161 Å². The molecule has 2 atom stereocenters. The van der Waals surface area contributed by atoms with E-state index in [-0.39, 0.29) is 11.3 Å². The molecule has 0 aromatic heterocycles. The first-order valence-corrected chi connectivity index (χ1v) is 10.4. The number of carboxylic acids is 1. The van der Waals surface area contributed by atoms with Crippen molar-refractivity contribution < 1.29 is 14.7 Å². The number of nitrogens with zero attached hydrogens (tertiary/aromatic N) is 1. The highest BCUT2D eigenvalue weighted by Gasteiger charge is 2.52. The number of hydrogen-bond donors (Lipinski definition) is 2. The molecular weight excluding hydrogens is 340 g/mol. The molecule has 1 aromatic carbocycles. The third kappa shape index (κ3) is 3.75. The number of hydrogen-bond acceptors (Lipinski definition) is 3. The number of likely N-dealkylation sites (tertiary alicyclic amines) is 1. The first-order valence-electron chi connectivity index (χ1n) is 10.4. The van der Waals surface area contributed by atoms with E-state index in [2.05, 4.69) is 36.5 Å². The van der Waals surface area contributed by atoms with Crippen LogP contribution in [0.5, 0.6) is 0 Å². The van der Waals surface area contributed by atoms with Crippen molar-refractivity contribution in [1.82, 2.24) is 10.2 Å². The number of amides is 1. The molecule has 1 aliphatic carbocycles. The monoisotopic (exact) mass is 370 g/mol. The number of carbonyl (C=O) groups is 2. The first kappa shape index (κ1) is 18.5. The Morgan fingerprint density at radius 1 is 1.19 bits per heavy atom. The van der Waals surface area contributed by atoms with Crippen molar-refractivity contribution in [2.24, 2.45) is 11.3 Å². The Morgan fingerprint density at radius 3 is 2.41 bits per heavy atom. The maximum Gasteiger partial charge on any atom is 0.308 e. The highest BCUT2D eigenvalue weighted by atomic mass is 16.4. The van der Waals surface area contributed by atoms with E-state index in [1.807, 2.05) is 4.90 Å². The van der Waals surface area contributed by atoms with Crippen LogP contribution in [-0.2, 0) is 16.0 Å². The molecule has 2 aliphatic heterocycles. The van der Waals surface area contributed by atoms with Gasteiger partial charge in [-0.1, -0.05) is 31.2 Å². The van der Waals surface area contributed by atoms with Gasteiger partial charge in [0.25, 0.3) is 0 Å². The second-order valence-corrected chi connectivity index (χ2v) is 8.70. The second kappa shape index (κ2) is 7.27. The Balaban J connectivity index is 1.37. The zero-order valence-corrected chi connectivity index (χ0v) is 16.1. The largest absolute Gasteiger partial charge is 0.481 e. The minimum Gasteiger partial charge on any atom is -0.481 e. The predicted molar refractivity (Wildman–Crippen MR) is 104 cm³/mol. The lowest BCUT2D eigenvalue weighted by Gasteiger charge is -2.39. The summed E-state index contributed by atoms with van der Waals surface area (Å²) < 4.78 is 0. The molecule has 4 rings (SSSR count). The third-order valence-corrected chi connectivity index (χ3v) is 6.96. The van der Waals surface area contributed by atoms with Crippen LogP contribution in [0.25, 0.3) is 0 Å². The summed E-state index contributed by atoms with van der Waals surface area (Å²) in [7, 11) is 0. The molecule has 2 unspecified atom stereocenters. The highest BCUT2D eigenvalue weighted by molar-refractivity contribution is 5.88. The van der Waals surface area contributed by atoms with Gasteiger partial charge in [0.05, 0.1) is 5.92 Å². The lowest BCUT2D eigenvalue weighted by atomic mass is 9.81. The van der Waals surface area contributed by atoms with Crippen molar-refractivity contribution in [2.75, 3.05) is 19.6 Å². The van der Waals surface area contributed by atoms with Gasteiger partial charge in [0.1, 0.15) is 6.04 Å². The van der Waals surface area contributed by atoms with Gasteiger partial charge in [0.2, 0.25) is 5.91 Å². The summed E-state index contributed by atoms with van der Waals surface area (Å²) in [5, 5.41) is 12.9. The lowest BCUT2D eigenvalue weighted by Crippen LogP contribution is -2.58. The lowest BCUT2D eigenvalue weighted by molar-refractivity contribution is -0.151. The number of nitrogens with one attached hydrogen (secondary N) is 1. The van der Waals surface area contributed by atoms with Crippen molar-refractivity contribution >= 4 is 11.9 Å². The molecule has 3 fully saturated rings. The standard InChI is InChI=1S/C22H30N2O3/c1-2-15-3-5-16(6-4-15)17-7-11-24(12-8-17)20(25)19-18(21(26)27)13-22(9-10-22)14-23-19/h3-6,17-19,23H,2,7-14H2,1H3,(H,26,27). The minimum atomic E-state index is -0.835. The van der Waals surface area contributed by atoms with Crippen LogP contribution >= 0.6 is 0 Å². The second-order valence-electron chi connectivity index (χ2n) is 8.70. The molecule has 1 aromatic rings. The molecule has 2 N–H and O–H groups in total. The summed E-state index contributed by atoms with van der Waals surface area (Å²) in [5.74, 6) is -0.951. The molecule has 1 spiro atoms. The van der Waals surface area contributed by atoms with E-state index >= 15 is 0 Å². The predicted octanol–water partition coefficient (Wildman–Crippen LogP) is 2.80. The Kier molecular flexibility index (Phi) is 4.97. The van der Waals surface area contributed by atoms with Crippen LogP contribution in [-0.4, -0.2) is 47.6 Å². The normalized spacial score (nSPS) is 27.5. The topological polar surface area (TPSA) is 69.6 Å². The SMILES string of the molecule is CCc1ccc(C2CCN(C(=O)C3NCC4(CC4)CC3C(=O)O)CC2)cc1. The number of benzene rings is 1. The van der Waals surface area contributed by atoms with Crippen LogP contribution < -0.4 is 5.32 Å². The van der Waals surface area contributed by atoms with Gasteiger partial charge in [0.15, 0.2) is 0 Å². The number of aryl methyl sites for hydroxylation is 1. The molecule has 2 heterocycles. The van der Waals surface area contributed by atoms with Crippen molar-refractivity contribution in [3.63, 3.8) is 0 Å². The van der Waals surface area contributed by atoms with Gasteiger partial charge in [-0.25, -0.2) is 0 Å². The molecule has 0 radical (unpaired) electrons. The van der Waals surface area contributed by atoms with Crippen LogP contribution in [0.15, 0.2) is 24.3 Å². The minimum absolute atomic E-state index is 0.0160. The number of aliphatic carboxylic acids is 1. The summed E-state index contributed by atoms with van der Waals surface area (Å²) in [6.45, 7) is 4.38. The van der Waals surface area contributed by atoms with Crippen molar-refractivity contribution in [1.29, 1.82) is 0 Å². The molecule has 5 nitrogen and oxygen atoms in total. The van der Waals surface area contributed by atoms with E-state index in [0.717, 1.165) is 38.6 Å². The average molecular weight is 370 g/mol. The van der Waals surface area contributed by atoms with Gasteiger partial charge in [-0.2, -0.15) is 0 Å². The Hall–Kier alpha value is -1.88. The molecule has 2 saturated heterocycles. The smallest absolute Gasteiger partial charge is 0.308 e. The molecular formula is C22H30N2O3. The Bertz CT molecular complexity index is 703. The van der Waals surface area contributed by atoms with Crippen LogP contribution in [0.4, 0.5) is 0 Å². The molecule has 1 saturated carbocycles. The zero-order chi connectivity index (χ0) is 19.0. The molecule has 146 valence electrons.